The second-order valence-electron chi connectivity index (χ2n) is 12.3. The summed E-state index contributed by atoms with van der Waals surface area (Å²) in [5.41, 5.74) is 4.98. The molecule has 0 radical (unpaired) electrons. The summed E-state index contributed by atoms with van der Waals surface area (Å²) < 4.78 is 60.8. The van der Waals surface area contributed by atoms with Crippen molar-refractivity contribution in [3.8, 4) is 0 Å². The van der Waals surface area contributed by atoms with Crippen LogP contribution in [-0.4, -0.2) is 46.9 Å². The first-order valence-electron chi connectivity index (χ1n) is 16.1. The van der Waals surface area contributed by atoms with Gasteiger partial charge in [0.1, 0.15) is 0 Å². The van der Waals surface area contributed by atoms with Crippen LogP contribution in [0.4, 0.5) is 0 Å². The summed E-state index contributed by atoms with van der Waals surface area (Å²) >= 11 is 0. The van der Waals surface area contributed by atoms with E-state index in [4.69, 9.17) is 0 Å². The molecule has 0 heterocycles. The van der Waals surface area contributed by atoms with Crippen molar-refractivity contribution in [3.05, 3.63) is 167 Å². The highest BCUT2D eigenvalue weighted by Crippen LogP contribution is 2.17. The van der Waals surface area contributed by atoms with Crippen LogP contribution in [0.2, 0.25) is 0 Å². The van der Waals surface area contributed by atoms with Crippen LogP contribution >= 0.6 is 0 Å². The summed E-state index contributed by atoms with van der Waals surface area (Å²) in [4.78, 5) is 2.55. The number of hydrogen-bond donors (Lipinski definition) is 2. The van der Waals surface area contributed by atoms with Gasteiger partial charge in [-0.05, 0) is 67.6 Å². The highest BCUT2D eigenvalue weighted by molar-refractivity contribution is 7.89. The molecule has 0 aromatic heterocycles. The topological polar surface area (TPSA) is 95.6 Å². The Hall–Kier alpha value is -4.12. The summed E-state index contributed by atoms with van der Waals surface area (Å²) in [5, 5.41) is 0. The van der Waals surface area contributed by atoms with E-state index in [2.05, 4.69) is 14.3 Å². The van der Waals surface area contributed by atoms with Crippen LogP contribution in [0, 0.1) is 13.8 Å². The maximum Gasteiger partial charge on any atom is 0.240 e. The molecule has 5 aromatic carbocycles. The van der Waals surface area contributed by atoms with Gasteiger partial charge in [0.2, 0.25) is 20.0 Å². The molecule has 0 saturated carbocycles. The van der Waals surface area contributed by atoms with E-state index in [1.807, 2.05) is 105 Å². The fourth-order valence-corrected chi connectivity index (χ4v) is 8.22. The van der Waals surface area contributed by atoms with E-state index in [1.165, 1.54) is 0 Å². The summed E-state index contributed by atoms with van der Waals surface area (Å²) in [6.07, 6.45) is 0.908. The molecule has 0 fully saturated rings. The third-order valence-corrected chi connectivity index (χ3v) is 11.2. The number of benzene rings is 5. The lowest BCUT2D eigenvalue weighted by atomic mass is 10.0. The minimum Gasteiger partial charge on any atom is -0.296 e. The van der Waals surface area contributed by atoms with Crippen molar-refractivity contribution in [2.45, 2.75) is 55.1 Å². The van der Waals surface area contributed by atoms with E-state index in [1.54, 1.807) is 48.5 Å². The number of rotatable bonds is 16. The molecule has 0 aliphatic carbocycles. The lowest BCUT2D eigenvalue weighted by Gasteiger charge is -2.32. The van der Waals surface area contributed by atoms with Gasteiger partial charge in [0.25, 0.3) is 0 Å². The molecule has 250 valence electrons. The molecule has 5 aromatic rings. The van der Waals surface area contributed by atoms with Crippen LogP contribution < -0.4 is 9.44 Å². The van der Waals surface area contributed by atoms with Crippen LogP contribution in [0.3, 0.4) is 0 Å². The van der Waals surface area contributed by atoms with Gasteiger partial charge in [-0.25, -0.2) is 26.3 Å². The molecule has 0 bridgehead atoms. The van der Waals surface area contributed by atoms with Crippen molar-refractivity contribution >= 4 is 20.0 Å². The Morgan fingerprint density at radius 2 is 0.812 bits per heavy atom. The van der Waals surface area contributed by atoms with E-state index in [9.17, 15) is 16.8 Å². The van der Waals surface area contributed by atoms with Gasteiger partial charge in [0, 0.05) is 31.7 Å². The lowest BCUT2D eigenvalue weighted by molar-refractivity contribution is 0.222. The maximum atomic E-state index is 13.7. The SMILES string of the molecule is Cc1ccc(S(=O)(=O)N[C@@H](Cc2ccccc2)CN(Cc2ccccc2)C[C@H](Cc2ccccc2)NS(=O)(=O)c2ccc(C)cc2)cc1. The zero-order chi connectivity index (χ0) is 34.0. The minimum absolute atomic E-state index is 0.202. The Balaban J connectivity index is 1.48. The molecule has 2 atom stereocenters. The maximum absolute atomic E-state index is 13.7. The van der Waals surface area contributed by atoms with Gasteiger partial charge in [-0.3, -0.25) is 4.90 Å². The third-order valence-electron chi connectivity index (χ3n) is 8.16. The van der Waals surface area contributed by atoms with E-state index in [0.717, 1.165) is 27.8 Å². The summed E-state index contributed by atoms with van der Waals surface area (Å²) in [6.45, 7) is 5.01. The molecule has 5 rings (SSSR count). The van der Waals surface area contributed by atoms with Crippen molar-refractivity contribution < 1.29 is 16.8 Å². The molecule has 48 heavy (non-hydrogen) atoms. The van der Waals surface area contributed by atoms with Gasteiger partial charge < -0.3 is 0 Å². The van der Waals surface area contributed by atoms with Gasteiger partial charge in [0.15, 0.2) is 0 Å². The highest BCUT2D eigenvalue weighted by Gasteiger charge is 2.27. The Morgan fingerprint density at radius 3 is 1.17 bits per heavy atom. The van der Waals surface area contributed by atoms with E-state index < -0.39 is 32.1 Å². The molecule has 0 saturated heterocycles. The standard InChI is InChI=1S/C39H43N3O4S2/c1-31-18-22-38(23-19-31)47(43,44)40-36(26-33-12-6-3-7-13-33)29-42(28-35-16-10-5-11-17-35)30-37(27-34-14-8-4-9-15-34)41-48(45,46)39-24-20-32(2)21-25-39/h3-25,36-37,40-41H,26-30H2,1-2H3/t36-,37-/m0/s1. The fraction of sp³-hybridized carbons (Fsp3) is 0.231. The van der Waals surface area contributed by atoms with Crippen molar-refractivity contribution in [1.29, 1.82) is 0 Å². The zero-order valence-corrected chi connectivity index (χ0v) is 29.0. The third kappa shape index (κ3) is 10.4. The molecular weight excluding hydrogens is 639 g/mol. The van der Waals surface area contributed by atoms with E-state index in [0.29, 0.717) is 32.5 Å². The quantitative estimate of drug-likeness (QED) is 0.128. The molecule has 0 aliphatic rings. The number of nitrogens with zero attached hydrogens (tertiary/aromatic N) is 1. The minimum atomic E-state index is -3.85. The Bertz CT molecular complexity index is 1810. The van der Waals surface area contributed by atoms with Gasteiger partial charge in [-0.1, -0.05) is 126 Å². The van der Waals surface area contributed by atoms with Crippen LogP contribution in [0.1, 0.15) is 27.8 Å². The van der Waals surface area contributed by atoms with Gasteiger partial charge >= 0.3 is 0 Å². The van der Waals surface area contributed by atoms with Gasteiger partial charge in [-0.15, -0.1) is 0 Å². The fourth-order valence-electron chi connectivity index (χ4n) is 5.76. The van der Waals surface area contributed by atoms with Crippen LogP contribution in [-0.2, 0) is 39.4 Å². The Labute approximate surface area is 285 Å². The second-order valence-corrected chi connectivity index (χ2v) is 15.7. The molecule has 0 aliphatic heterocycles. The highest BCUT2D eigenvalue weighted by atomic mass is 32.2. The Morgan fingerprint density at radius 1 is 0.479 bits per heavy atom. The van der Waals surface area contributed by atoms with Crippen LogP contribution in [0.15, 0.2) is 149 Å². The van der Waals surface area contributed by atoms with Gasteiger partial charge in [0.05, 0.1) is 9.79 Å². The second kappa shape index (κ2) is 16.3. The summed E-state index contributed by atoms with van der Waals surface area (Å²) in [7, 11) is -7.70. The molecular formula is C39H43N3O4S2. The van der Waals surface area contributed by atoms with E-state index in [-0.39, 0.29) is 9.79 Å². The van der Waals surface area contributed by atoms with E-state index >= 15 is 0 Å². The van der Waals surface area contributed by atoms with Crippen molar-refractivity contribution in [2.75, 3.05) is 13.1 Å². The van der Waals surface area contributed by atoms with Crippen molar-refractivity contribution in [2.24, 2.45) is 0 Å². The molecule has 0 spiro atoms. The van der Waals surface area contributed by atoms with Crippen molar-refractivity contribution in [1.82, 2.24) is 14.3 Å². The average Bonchev–Trinajstić information content (AvgIpc) is 3.06. The first-order chi connectivity index (χ1) is 23.1. The van der Waals surface area contributed by atoms with Crippen LogP contribution in [0.5, 0.6) is 0 Å². The summed E-state index contributed by atoms with van der Waals surface area (Å²) in [6, 6.07) is 42.2. The lowest BCUT2D eigenvalue weighted by Crippen LogP contribution is -2.50. The molecule has 9 heteroatoms. The monoisotopic (exact) mass is 681 g/mol. The normalized spacial score (nSPS) is 13.3. The first-order valence-corrected chi connectivity index (χ1v) is 19.0. The Kier molecular flexibility index (Phi) is 12.0. The largest absolute Gasteiger partial charge is 0.296 e. The number of hydrogen-bond acceptors (Lipinski definition) is 5. The molecule has 2 N–H and O–H groups in total. The predicted molar refractivity (Wildman–Crippen MR) is 193 cm³/mol. The zero-order valence-electron chi connectivity index (χ0n) is 27.4. The van der Waals surface area contributed by atoms with Gasteiger partial charge in [-0.2, -0.15) is 0 Å². The first kappa shape index (κ1) is 35.2. The number of aryl methyl sites for hydroxylation is 2. The smallest absolute Gasteiger partial charge is 0.240 e. The summed E-state index contributed by atoms with van der Waals surface area (Å²) in [5.74, 6) is 0. The number of nitrogens with one attached hydrogen (secondary N) is 2. The average molecular weight is 682 g/mol. The molecule has 0 unspecified atom stereocenters. The van der Waals surface area contributed by atoms with Crippen LogP contribution in [0.25, 0.3) is 0 Å². The number of sulfonamides is 2. The van der Waals surface area contributed by atoms with Crippen molar-refractivity contribution in [3.63, 3.8) is 0 Å². The molecule has 7 nitrogen and oxygen atoms in total. The molecule has 0 amide bonds. The predicted octanol–water partition coefficient (Wildman–Crippen LogP) is 6.29.